The lowest BCUT2D eigenvalue weighted by Crippen LogP contribution is -2.49. The van der Waals surface area contributed by atoms with E-state index in [4.69, 9.17) is 0 Å². The fourth-order valence-corrected chi connectivity index (χ4v) is 4.34. The van der Waals surface area contributed by atoms with Crippen LogP contribution in [-0.4, -0.2) is 36.6 Å². The monoisotopic (exact) mass is 252 g/mol. The van der Waals surface area contributed by atoms with Gasteiger partial charge in [0.1, 0.15) is 0 Å². The molecule has 2 nitrogen and oxygen atoms in total. The van der Waals surface area contributed by atoms with Crippen molar-refractivity contribution in [3.63, 3.8) is 0 Å². The Hall–Kier alpha value is -0.0800. The first-order valence-electron chi connectivity index (χ1n) is 8.27. The third kappa shape index (κ3) is 3.08. The summed E-state index contributed by atoms with van der Waals surface area (Å²) in [5.74, 6) is 2.06. The minimum Gasteiger partial charge on any atom is -0.313 e. The molecule has 0 spiro atoms. The fraction of sp³-hybridized carbons (Fsp3) is 1.00. The van der Waals surface area contributed by atoms with Gasteiger partial charge >= 0.3 is 0 Å². The Morgan fingerprint density at radius 2 is 1.78 bits per heavy atom. The van der Waals surface area contributed by atoms with Gasteiger partial charge in [0.2, 0.25) is 0 Å². The molecule has 1 aliphatic carbocycles. The van der Waals surface area contributed by atoms with Gasteiger partial charge in [0.05, 0.1) is 0 Å². The van der Waals surface area contributed by atoms with E-state index in [1.54, 1.807) is 0 Å². The summed E-state index contributed by atoms with van der Waals surface area (Å²) in [6.45, 7) is 10.8. The average molecular weight is 252 g/mol. The maximum atomic E-state index is 3.74. The van der Waals surface area contributed by atoms with Crippen molar-refractivity contribution in [3.8, 4) is 0 Å². The molecule has 1 N–H and O–H groups in total. The number of likely N-dealkylation sites (N-methyl/N-ethyl adjacent to an activating group) is 1. The normalized spacial score (nSPS) is 31.5. The van der Waals surface area contributed by atoms with Crippen molar-refractivity contribution in [2.45, 2.75) is 71.4 Å². The molecule has 18 heavy (non-hydrogen) atoms. The van der Waals surface area contributed by atoms with Crippen LogP contribution in [0.25, 0.3) is 0 Å². The molecule has 2 rings (SSSR count). The van der Waals surface area contributed by atoms with Gasteiger partial charge in [0.25, 0.3) is 0 Å². The Kier molecular flexibility index (Phi) is 5.50. The number of hydrogen-bond donors (Lipinski definition) is 1. The highest BCUT2D eigenvalue weighted by Gasteiger charge is 2.39. The molecule has 2 heteroatoms. The first kappa shape index (κ1) is 14.3. The first-order chi connectivity index (χ1) is 8.80. The van der Waals surface area contributed by atoms with Gasteiger partial charge in [-0.25, -0.2) is 0 Å². The Bertz CT molecular complexity index is 223. The topological polar surface area (TPSA) is 15.3 Å². The largest absolute Gasteiger partial charge is 0.313 e. The van der Waals surface area contributed by atoms with Crippen LogP contribution in [0.15, 0.2) is 0 Å². The summed E-state index contributed by atoms with van der Waals surface area (Å²) in [4.78, 5) is 2.82. The van der Waals surface area contributed by atoms with Crippen LogP contribution in [0, 0.1) is 11.8 Å². The van der Waals surface area contributed by atoms with Gasteiger partial charge in [0, 0.05) is 25.2 Å². The van der Waals surface area contributed by atoms with Gasteiger partial charge in [-0.2, -0.15) is 0 Å². The van der Waals surface area contributed by atoms with Gasteiger partial charge in [-0.3, -0.25) is 4.90 Å². The van der Waals surface area contributed by atoms with Crippen LogP contribution in [-0.2, 0) is 0 Å². The van der Waals surface area contributed by atoms with Gasteiger partial charge in [-0.15, -0.1) is 0 Å². The van der Waals surface area contributed by atoms with E-state index in [1.807, 2.05) is 0 Å². The van der Waals surface area contributed by atoms with E-state index in [0.29, 0.717) is 6.04 Å². The van der Waals surface area contributed by atoms with Crippen LogP contribution >= 0.6 is 0 Å². The molecule has 1 aliphatic heterocycles. The minimum absolute atomic E-state index is 0.712. The predicted octanol–water partition coefficient (Wildman–Crippen LogP) is 3.28. The van der Waals surface area contributed by atoms with Crippen molar-refractivity contribution < 1.29 is 0 Å². The second-order valence-corrected chi connectivity index (χ2v) is 6.33. The smallest absolute Gasteiger partial charge is 0.0246 e. The number of nitrogens with one attached hydrogen (secondary N) is 1. The molecule has 0 amide bonds. The quantitative estimate of drug-likeness (QED) is 0.748. The molecular weight excluding hydrogens is 220 g/mol. The van der Waals surface area contributed by atoms with E-state index in [0.717, 1.165) is 24.4 Å². The minimum atomic E-state index is 0.712. The molecule has 4 atom stereocenters. The van der Waals surface area contributed by atoms with E-state index in [-0.39, 0.29) is 0 Å². The molecule has 0 bridgehead atoms. The van der Waals surface area contributed by atoms with Crippen LogP contribution < -0.4 is 5.32 Å². The standard InChI is InChI=1S/C16H32N2/c1-4-8-15(17-6-3)16(5-2)18-11-13-9-7-10-14(13)12-18/h13-17H,4-12H2,1-3H3. The van der Waals surface area contributed by atoms with Crippen molar-refractivity contribution in [1.29, 1.82) is 0 Å². The van der Waals surface area contributed by atoms with Gasteiger partial charge < -0.3 is 5.32 Å². The molecule has 2 fully saturated rings. The highest BCUT2D eigenvalue weighted by Crippen LogP contribution is 2.39. The van der Waals surface area contributed by atoms with E-state index in [2.05, 4.69) is 31.0 Å². The first-order valence-corrected chi connectivity index (χ1v) is 8.27. The fourth-order valence-electron chi connectivity index (χ4n) is 4.34. The van der Waals surface area contributed by atoms with E-state index < -0.39 is 0 Å². The average Bonchev–Trinajstić information content (AvgIpc) is 2.91. The summed E-state index contributed by atoms with van der Waals surface area (Å²) in [5, 5.41) is 3.74. The number of rotatable bonds is 7. The zero-order valence-corrected chi connectivity index (χ0v) is 12.6. The van der Waals surface area contributed by atoms with E-state index in [1.165, 1.54) is 51.6 Å². The van der Waals surface area contributed by atoms with Crippen molar-refractivity contribution in [3.05, 3.63) is 0 Å². The second kappa shape index (κ2) is 6.91. The number of hydrogen-bond acceptors (Lipinski definition) is 2. The van der Waals surface area contributed by atoms with Crippen LogP contribution in [0.3, 0.4) is 0 Å². The van der Waals surface area contributed by atoms with Crippen LogP contribution in [0.5, 0.6) is 0 Å². The summed E-state index contributed by atoms with van der Waals surface area (Å²) in [7, 11) is 0. The third-order valence-corrected chi connectivity index (χ3v) is 5.17. The maximum absolute atomic E-state index is 3.74. The molecule has 0 aromatic rings. The summed E-state index contributed by atoms with van der Waals surface area (Å²) in [5.41, 5.74) is 0. The lowest BCUT2D eigenvalue weighted by atomic mass is 9.99. The predicted molar refractivity (Wildman–Crippen MR) is 78.9 cm³/mol. The summed E-state index contributed by atoms with van der Waals surface area (Å²) < 4.78 is 0. The summed E-state index contributed by atoms with van der Waals surface area (Å²) in [6.07, 6.45) is 8.42. The van der Waals surface area contributed by atoms with E-state index in [9.17, 15) is 0 Å². The Balaban J connectivity index is 1.94. The highest BCUT2D eigenvalue weighted by molar-refractivity contribution is 4.94. The Morgan fingerprint density at radius 3 is 2.28 bits per heavy atom. The number of nitrogens with zero attached hydrogens (tertiary/aromatic N) is 1. The van der Waals surface area contributed by atoms with Crippen LogP contribution in [0.1, 0.15) is 59.3 Å². The molecule has 0 aromatic carbocycles. The SMILES string of the molecule is CCCC(NCC)C(CC)N1CC2CCCC2C1. The molecule has 2 aliphatic rings. The zero-order valence-electron chi connectivity index (χ0n) is 12.6. The Labute approximate surface area is 114 Å². The molecular formula is C16H32N2. The molecule has 106 valence electrons. The molecule has 4 unspecified atom stereocenters. The second-order valence-electron chi connectivity index (χ2n) is 6.33. The lowest BCUT2D eigenvalue weighted by molar-refractivity contribution is 0.167. The van der Waals surface area contributed by atoms with Gasteiger partial charge in [-0.1, -0.05) is 33.6 Å². The highest BCUT2D eigenvalue weighted by atomic mass is 15.2. The molecule has 0 aromatic heterocycles. The van der Waals surface area contributed by atoms with Gasteiger partial charge in [0.15, 0.2) is 0 Å². The van der Waals surface area contributed by atoms with Crippen molar-refractivity contribution in [2.75, 3.05) is 19.6 Å². The molecule has 1 heterocycles. The number of fused-ring (bicyclic) bond motifs is 1. The summed E-state index contributed by atoms with van der Waals surface area (Å²) >= 11 is 0. The summed E-state index contributed by atoms with van der Waals surface area (Å²) in [6, 6.07) is 1.49. The lowest BCUT2D eigenvalue weighted by Gasteiger charge is -2.35. The van der Waals surface area contributed by atoms with Crippen molar-refractivity contribution in [1.82, 2.24) is 10.2 Å². The van der Waals surface area contributed by atoms with Crippen molar-refractivity contribution >= 4 is 0 Å². The van der Waals surface area contributed by atoms with E-state index >= 15 is 0 Å². The molecule has 1 saturated carbocycles. The van der Waals surface area contributed by atoms with Gasteiger partial charge in [-0.05, 0) is 44.1 Å². The number of likely N-dealkylation sites (tertiary alicyclic amines) is 1. The molecule has 0 radical (unpaired) electrons. The van der Waals surface area contributed by atoms with Crippen molar-refractivity contribution in [2.24, 2.45) is 11.8 Å². The molecule has 1 saturated heterocycles. The zero-order chi connectivity index (χ0) is 13.0. The van der Waals surface area contributed by atoms with Crippen LogP contribution in [0.2, 0.25) is 0 Å². The van der Waals surface area contributed by atoms with Crippen LogP contribution in [0.4, 0.5) is 0 Å². The maximum Gasteiger partial charge on any atom is 0.0246 e. The third-order valence-electron chi connectivity index (χ3n) is 5.17. The Morgan fingerprint density at radius 1 is 1.11 bits per heavy atom.